The Morgan fingerprint density at radius 2 is 1.67 bits per heavy atom. The number of amides is 1. The van der Waals surface area contributed by atoms with Gasteiger partial charge in [0.25, 0.3) is 5.91 Å². The molecule has 0 saturated carbocycles. The van der Waals surface area contributed by atoms with E-state index in [1.165, 1.54) is 13.2 Å². The molecule has 0 aliphatic carbocycles. The van der Waals surface area contributed by atoms with E-state index in [0.29, 0.717) is 31.9 Å². The van der Waals surface area contributed by atoms with Crippen molar-refractivity contribution in [3.8, 4) is 17.2 Å². The minimum atomic E-state index is -0.180. The van der Waals surface area contributed by atoms with Crippen LogP contribution in [0.5, 0.6) is 17.2 Å². The number of piperazine rings is 1. The Balaban J connectivity index is 1.66. The summed E-state index contributed by atoms with van der Waals surface area (Å²) in [6.45, 7) is 2.55. The molecule has 1 saturated heterocycles. The van der Waals surface area contributed by atoms with Gasteiger partial charge in [0.05, 0.1) is 12.7 Å². The fourth-order valence-electron chi connectivity index (χ4n) is 2.82. The third kappa shape index (κ3) is 3.22. The van der Waals surface area contributed by atoms with Crippen molar-refractivity contribution in [1.82, 2.24) is 4.90 Å². The fraction of sp³-hybridized carbons (Fsp3) is 0.278. The molecular formula is C18H20N2O4. The van der Waals surface area contributed by atoms with Crippen LogP contribution in [0.4, 0.5) is 5.69 Å². The van der Waals surface area contributed by atoms with E-state index in [1.807, 2.05) is 12.1 Å². The van der Waals surface area contributed by atoms with Gasteiger partial charge < -0.3 is 24.7 Å². The van der Waals surface area contributed by atoms with E-state index in [9.17, 15) is 15.0 Å². The molecule has 1 heterocycles. The summed E-state index contributed by atoms with van der Waals surface area (Å²) in [7, 11) is 1.51. The number of phenols is 2. The number of hydrogen-bond acceptors (Lipinski definition) is 5. The highest BCUT2D eigenvalue weighted by Gasteiger charge is 2.24. The summed E-state index contributed by atoms with van der Waals surface area (Å²) in [6, 6.07) is 11.7. The fourth-order valence-corrected chi connectivity index (χ4v) is 2.82. The summed E-state index contributed by atoms with van der Waals surface area (Å²) in [4.78, 5) is 16.5. The number of ether oxygens (including phenoxy) is 1. The Bertz CT molecular complexity index is 722. The first kappa shape index (κ1) is 16.0. The zero-order valence-electron chi connectivity index (χ0n) is 13.5. The second-order valence-corrected chi connectivity index (χ2v) is 5.68. The molecule has 2 N–H and O–H groups in total. The van der Waals surface area contributed by atoms with E-state index in [-0.39, 0.29) is 23.0 Å². The highest BCUT2D eigenvalue weighted by atomic mass is 16.5. The monoisotopic (exact) mass is 328 g/mol. The highest BCUT2D eigenvalue weighted by molar-refractivity contribution is 5.97. The predicted octanol–water partition coefficient (Wildman–Crippen LogP) is 2.07. The lowest BCUT2D eigenvalue weighted by molar-refractivity contribution is 0.0743. The van der Waals surface area contributed by atoms with Crippen molar-refractivity contribution < 1.29 is 19.7 Å². The zero-order valence-corrected chi connectivity index (χ0v) is 13.5. The Morgan fingerprint density at radius 3 is 2.25 bits per heavy atom. The van der Waals surface area contributed by atoms with Crippen molar-refractivity contribution in [2.75, 3.05) is 38.2 Å². The van der Waals surface area contributed by atoms with Crippen LogP contribution in [0.15, 0.2) is 42.5 Å². The minimum Gasteiger partial charge on any atom is -0.508 e. The maximum atomic E-state index is 12.6. The summed E-state index contributed by atoms with van der Waals surface area (Å²) < 4.78 is 5.04. The molecule has 3 rings (SSSR count). The lowest BCUT2D eigenvalue weighted by Gasteiger charge is -2.36. The molecule has 1 fully saturated rings. The summed E-state index contributed by atoms with van der Waals surface area (Å²) in [6.07, 6.45) is 0. The lowest BCUT2D eigenvalue weighted by atomic mass is 10.1. The number of aromatic hydroxyl groups is 2. The van der Waals surface area contributed by atoms with E-state index in [0.717, 1.165) is 5.69 Å². The maximum absolute atomic E-state index is 12.6. The van der Waals surface area contributed by atoms with Gasteiger partial charge in [0, 0.05) is 37.9 Å². The molecule has 24 heavy (non-hydrogen) atoms. The zero-order chi connectivity index (χ0) is 17.1. The number of carbonyl (C=O) groups is 1. The second kappa shape index (κ2) is 6.70. The van der Waals surface area contributed by atoms with Gasteiger partial charge in [0.15, 0.2) is 0 Å². The minimum absolute atomic E-state index is 0.0692. The Kier molecular flexibility index (Phi) is 4.46. The molecule has 0 atom stereocenters. The smallest absolute Gasteiger partial charge is 0.257 e. The molecule has 0 radical (unpaired) electrons. The number of anilines is 1. The first-order valence-corrected chi connectivity index (χ1v) is 7.79. The molecular weight excluding hydrogens is 308 g/mol. The normalized spacial score (nSPS) is 14.5. The van der Waals surface area contributed by atoms with Crippen LogP contribution in [0, 0.1) is 0 Å². The van der Waals surface area contributed by atoms with Gasteiger partial charge in [-0.1, -0.05) is 0 Å². The van der Waals surface area contributed by atoms with Crippen molar-refractivity contribution in [3.05, 3.63) is 48.0 Å². The van der Waals surface area contributed by atoms with Crippen LogP contribution in [0.3, 0.4) is 0 Å². The lowest BCUT2D eigenvalue weighted by Crippen LogP contribution is -2.48. The van der Waals surface area contributed by atoms with Gasteiger partial charge in [0.2, 0.25) is 0 Å². The predicted molar refractivity (Wildman–Crippen MR) is 90.9 cm³/mol. The average molecular weight is 328 g/mol. The Labute approximate surface area is 140 Å². The molecule has 2 aromatic rings. The second-order valence-electron chi connectivity index (χ2n) is 5.68. The number of nitrogens with zero attached hydrogens (tertiary/aromatic N) is 2. The van der Waals surface area contributed by atoms with Gasteiger partial charge in [-0.05, 0) is 36.4 Å². The summed E-state index contributed by atoms with van der Waals surface area (Å²) >= 11 is 0. The molecule has 1 aliphatic rings. The first-order valence-electron chi connectivity index (χ1n) is 7.79. The van der Waals surface area contributed by atoms with Crippen LogP contribution in [-0.2, 0) is 0 Å². The van der Waals surface area contributed by atoms with E-state index >= 15 is 0 Å². The topological polar surface area (TPSA) is 73.2 Å². The summed E-state index contributed by atoms with van der Waals surface area (Å²) in [5.41, 5.74) is 1.31. The molecule has 2 aromatic carbocycles. The van der Waals surface area contributed by atoms with Gasteiger partial charge in [-0.25, -0.2) is 0 Å². The maximum Gasteiger partial charge on any atom is 0.257 e. The molecule has 6 heteroatoms. The number of carbonyl (C=O) groups excluding carboxylic acids is 1. The quantitative estimate of drug-likeness (QED) is 0.902. The molecule has 1 aliphatic heterocycles. The van der Waals surface area contributed by atoms with E-state index in [1.54, 1.807) is 29.2 Å². The standard InChI is InChI=1S/C18H20N2O4/c1-24-15-6-7-16(17(22)12-15)18(23)20-10-8-19(9-11-20)13-2-4-14(21)5-3-13/h2-7,12,21-22H,8-11H2,1H3. The van der Waals surface area contributed by atoms with E-state index in [2.05, 4.69) is 4.90 Å². The van der Waals surface area contributed by atoms with Crippen molar-refractivity contribution in [1.29, 1.82) is 0 Å². The summed E-state index contributed by atoms with van der Waals surface area (Å²) in [5.74, 6) is 0.504. The van der Waals surface area contributed by atoms with Gasteiger partial charge in [-0.15, -0.1) is 0 Å². The largest absolute Gasteiger partial charge is 0.508 e. The van der Waals surface area contributed by atoms with Crippen LogP contribution < -0.4 is 9.64 Å². The van der Waals surface area contributed by atoms with Crippen molar-refractivity contribution in [3.63, 3.8) is 0 Å². The number of phenolic OH excluding ortho intramolecular Hbond substituents is 2. The van der Waals surface area contributed by atoms with Crippen LogP contribution in [-0.4, -0.2) is 54.3 Å². The molecule has 0 spiro atoms. The van der Waals surface area contributed by atoms with Crippen LogP contribution in [0.25, 0.3) is 0 Å². The molecule has 0 bridgehead atoms. The molecule has 0 aromatic heterocycles. The van der Waals surface area contributed by atoms with Crippen molar-refractivity contribution in [2.45, 2.75) is 0 Å². The number of benzene rings is 2. The van der Waals surface area contributed by atoms with Crippen molar-refractivity contribution in [2.24, 2.45) is 0 Å². The number of methoxy groups -OCH3 is 1. The van der Waals surface area contributed by atoms with Gasteiger partial charge >= 0.3 is 0 Å². The SMILES string of the molecule is COc1ccc(C(=O)N2CCN(c3ccc(O)cc3)CC2)c(O)c1. The summed E-state index contributed by atoms with van der Waals surface area (Å²) in [5, 5.41) is 19.4. The average Bonchev–Trinajstić information content (AvgIpc) is 2.62. The van der Waals surface area contributed by atoms with E-state index in [4.69, 9.17) is 4.74 Å². The van der Waals surface area contributed by atoms with Gasteiger partial charge in [-0.2, -0.15) is 0 Å². The van der Waals surface area contributed by atoms with Gasteiger partial charge in [-0.3, -0.25) is 4.79 Å². The molecule has 0 unspecified atom stereocenters. The highest BCUT2D eigenvalue weighted by Crippen LogP contribution is 2.26. The van der Waals surface area contributed by atoms with Crippen LogP contribution >= 0.6 is 0 Å². The van der Waals surface area contributed by atoms with Gasteiger partial charge in [0.1, 0.15) is 17.2 Å². The van der Waals surface area contributed by atoms with Crippen LogP contribution in [0.2, 0.25) is 0 Å². The third-order valence-corrected chi connectivity index (χ3v) is 4.22. The third-order valence-electron chi connectivity index (χ3n) is 4.22. The molecule has 1 amide bonds. The Hall–Kier alpha value is -2.89. The van der Waals surface area contributed by atoms with Crippen LogP contribution in [0.1, 0.15) is 10.4 Å². The number of hydrogen-bond donors (Lipinski definition) is 2. The first-order chi connectivity index (χ1) is 11.6. The molecule has 6 nitrogen and oxygen atoms in total. The number of rotatable bonds is 3. The molecule has 126 valence electrons. The van der Waals surface area contributed by atoms with Crippen molar-refractivity contribution >= 4 is 11.6 Å². The van der Waals surface area contributed by atoms with E-state index < -0.39 is 0 Å². The Morgan fingerprint density at radius 1 is 1.00 bits per heavy atom.